The van der Waals surface area contributed by atoms with Crippen LogP contribution >= 0.6 is 34.5 Å². The van der Waals surface area contributed by atoms with Crippen LogP contribution in [0.2, 0.25) is 5.02 Å². The molecular weight excluding hydrogens is 265 g/mol. The summed E-state index contributed by atoms with van der Waals surface area (Å²) < 4.78 is 5.63. The molecule has 0 saturated heterocycles. The summed E-state index contributed by atoms with van der Waals surface area (Å²) >= 11 is 13.4. The molecule has 0 aliphatic heterocycles. The van der Waals surface area contributed by atoms with Gasteiger partial charge in [0.2, 0.25) is 0 Å². The van der Waals surface area contributed by atoms with Gasteiger partial charge in [-0.1, -0.05) is 17.7 Å². The van der Waals surface area contributed by atoms with Crippen LogP contribution < -0.4 is 4.74 Å². The van der Waals surface area contributed by atoms with E-state index in [0.717, 1.165) is 16.3 Å². The van der Waals surface area contributed by atoms with E-state index >= 15 is 0 Å². The number of halogens is 2. The fourth-order valence-corrected chi connectivity index (χ4v) is 2.37. The van der Waals surface area contributed by atoms with Gasteiger partial charge in [0.1, 0.15) is 17.4 Å². The largest absolute Gasteiger partial charge is 0.486 e. The number of alkyl halides is 1. The number of benzene rings is 1. The highest BCUT2D eigenvalue weighted by atomic mass is 35.5. The number of hydrogen-bond acceptors (Lipinski definition) is 3. The van der Waals surface area contributed by atoms with Crippen molar-refractivity contribution >= 4 is 34.5 Å². The van der Waals surface area contributed by atoms with Crippen molar-refractivity contribution < 1.29 is 4.74 Å². The van der Waals surface area contributed by atoms with Crippen LogP contribution in [0.1, 0.15) is 10.6 Å². The van der Waals surface area contributed by atoms with Gasteiger partial charge in [-0.2, -0.15) is 0 Å². The van der Waals surface area contributed by atoms with Crippen LogP contribution in [-0.2, 0) is 12.5 Å². The fourth-order valence-electron chi connectivity index (χ4n) is 1.27. The topological polar surface area (TPSA) is 22.1 Å². The van der Waals surface area contributed by atoms with Crippen molar-refractivity contribution in [2.45, 2.75) is 12.5 Å². The lowest BCUT2D eigenvalue weighted by Gasteiger charge is -2.09. The summed E-state index contributed by atoms with van der Waals surface area (Å²) in [6, 6.07) is 5.50. The number of nitrogens with zero attached hydrogens (tertiary/aromatic N) is 1. The SMILES string of the molecule is ClCc1c(Cl)cccc1OCc1nccs1. The lowest BCUT2D eigenvalue weighted by molar-refractivity contribution is 0.303. The first-order chi connectivity index (χ1) is 7.81. The van der Waals surface area contributed by atoms with Gasteiger partial charge >= 0.3 is 0 Å². The van der Waals surface area contributed by atoms with Gasteiger partial charge in [-0.3, -0.25) is 0 Å². The highest BCUT2D eigenvalue weighted by Gasteiger charge is 2.07. The molecule has 0 N–H and O–H groups in total. The molecule has 0 aliphatic rings. The summed E-state index contributed by atoms with van der Waals surface area (Å²) in [5, 5.41) is 3.48. The van der Waals surface area contributed by atoms with Crippen LogP contribution in [0.4, 0.5) is 0 Å². The van der Waals surface area contributed by atoms with E-state index in [1.165, 1.54) is 0 Å². The first-order valence-electron chi connectivity index (χ1n) is 4.66. The molecule has 2 rings (SSSR count). The molecule has 0 amide bonds. The minimum atomic E-state index is 0.340. The third-order valence-corrected chi connectivity index (χ3v) is 3.42. The van der Waals surface area contributed by atoms with Crippen LogP contribution in [-0.4, -0.2) is 4.98 Å². The van der Waals surface area contributed by atoms with Gasteiger partial charge in [-0.15, -0.1) is 22.9 Å². The van der Waals surface area contributed by atoms with Crippen LogP contribution in [0.5, 0.6) is 5.75 Å². The monoisotopic (exact) mass is 273 g/mol. The normalized spacial score (nSPS) is 10.4. The van der Waals surface area contributed by atoms with Gasteiger partial charge in [-0.25, -0.2) is 4.98 Å². The molecule has 1 aromatic heterocycles. The first-order valence-corrected chi connectivity index (χ1v) is 6.45. The summed E-state index contributed by atoms with van der Waals surface area (Å²) in [4.78, 5) is 4.14. The zero-order valence-electron chi connectivity index (χ0n) is 8.32. The number of thiazole rings is 1. The molecule has 1 heterocycles. The summed E-state index contributed by atoms with van der Waals surface area (Å²) in [6.07, 6.45) is 1.75. The molecule has 1 aromatic carbocycles. The van der Waals surface area contributed by atoms with E-state index in [-0.39, 0.29) is 0 Å². The van der Waals surface area contributed by atoms with Gasteiger partial charge in [0.05, 0.1) is 5.88 Å². The highest BCUT2D eigenvalue weighted by molar-refractivity contribution is 7.09. The third kappa shape index (κ3) is 2.67. The molecule has 0 saturated carbocycles. The predicted octanol–water partition coefficient (Wildman–Crippen LogP) is 4.11. The van der Waals surface area contributed by atoms with Crippen molar-refractivity contribution in [2.75, 3.05) is 0 Å². The third-order valence-electron chi connectivity index (χ3n) is 2.04. The van der Waals surface area contributed by atoms with Crippen LogP contribution in [0, 0.1) is 0 Å². The van der Waals surface area contributed by atoms with E-state index in [0.29, 0.717) is 17.5 Å². The average Bonchev–Trinajstić information content (AvgIpc) is 2.79. The van der Waals surface area contributed by atoms with Gasteiger partial charge in [0, 0.05) is 22.2 Å². The Balaban J connectivity index is 2.12. The summed E-state index contributed by atoms with van der Waals surface area (Å²) in [6.45, 7) is 0.446. The van der Waals surface area contributed by atoms with E-state index in [1.807, 2.05) is 17.5 Å². The summed E-state index contributed by atoms with van der Waals surface area (Å²) in [5.74, 6) is 1.06. The number of hydrogen-bond donors (Lipinski definition) is 0. The van der Waals surface area contributed by atoms with Gasteiger partial charge in [0.25, 0.3) is 0 Å². The first kappa shape index (κ1) is 11.7. The molecule has 2 nitrogen and oxygen atoms in total. The smallest absolute Gasteiger partial charge is 0.140 e. The minimum absolute atomic E-state index is 0.340. The molecule has 2 aromatic rings. The highest BCUT2D eigenvalue weighted by Crippen LogP contribution is 2.28. The second-order valence-corrected chi connectivity index (χ2v) is 4.72. The van der Waals surface area contributed by atoms with E-state index in [9.17, 15) is 0 Å². The zero-order valence-corrected chi connectivity index (χ0v) is 10.6. The van der Waals surface area contributed by atoms with Crippen LogP contribution in [0.15, 0.2) is 29.8 Å². The second-order valence-electron chi connectivity index (χ2n) is 3.06. The zero-order chi connectivity index (χ0) is 11.4. The van der Waals surface area contributed by atoms with Crippen LogP contribution in [0.25, 0.3) is 0 Å². The maximum Gasteiger partial charge on any atom is 0.140 e. The summed E-state index contributed by atoms with van der Waals surface area (Å²) in [5.41, 5.74) is 0.822. The Hall–Kier alpha value is -0.770. The fraction of sp³-hybridized carbons (Fsp3) is 0.182. The molecule has 0 aliphatic carbocycles. The standard InChI is InChI=1S/C11H9Cl2NOS/c12-6-8-9(13)2-1-3-10(8)15-7-11-14-4-5-16-11/h1-5H,6-7H2. The average molecular weight is 274 g/mol. The number of rotatable bonds is 4. The molecule has 16 heavy (non-hydrogen) atoms. The summed E-state index contributed by atoms with van der Waals surface area (Å²) in [7, 11) is 0. The second kappa shape index (κ2) is 5.53. The van der Waals surface area contributed by atoms with Crippen molar-refractivity contribution in [3.8, 4) is 5.75 Å². The Labute approximate surface area is 108 Å². The predicted molar refractivity (Wildman–Crippen MR) is 67.5 cm³/mol. The molecule has 0 fully saturated rings. The molecule has 0 atom stereocenters. The van der Waals surface area contributed by atoms with Crippen molar-refractivity contribution in [3.63, 3.8) is 0 Å². The lowest BCUT2D eigenvalue weighted by Crippen LogP contribution is -1.97. The van der Waals surface area contributed by atoms with Gasteiger partial charge < -0.3 is 4.74 Å². The molecule has 5 heteroatoms. The van der Waals surface area contributed by atoms with Crippen molar-refractivity contribution in [3.05, 3.63) is 45.4 Å². The number of aromatic nitrogens is 1. The van der Waals surface area contributed by atoms with E-state index < -0.39 is 0 Å². The van der Waals surface area contributed by atoms with E-state index in [1.54, 1.807) is 23.6 Å². The van der Waals surface area contributed by atoms with Crippen molar-refractivity contribution in [2.24, 2.45) is 0 Å². The van der Waals surface area contributed by atoms with Crippen LogP contribution in [0.3, 0.4) is 0 Å². The molecule has 0 spiro atoms. The Morgan fingerprint density at radius 1 is 1.38 bits per heavy atom. The Morgan fingerprint density at radius 3 is 2.94 bits per heavy atom. The van der Waals surface area contributed by atoms with E-state index in [4.69, 9.17) is 27.9 Å². The maximum absolute atomic E-state index is 6.01. The minimum Gasteiger partial charge on any atom is -0.486 e. The quantitative estimate of drug-likeness (QED) is 0.782. The Morgan fingerprint density at radius 2 is 2.25 bits per heavy atom. The molecular formula is C11H9Cl2NOS. The van der Waals surface area contributed by atoms with Gasteiger partial charge in [-0.05, 0) is 12.1 Å². The molecule has 0 unspecified atom stereocenters. The lowest BCUT2D eigenvalue weighted by atomic mass is 10.2. The molecule has 0 bridgehead atoms. The maximum atomic E-state index is 6.01. The number of ether oxygens (including phenoxy) is 1. The Bertz CT molecular complexity index is 459. The van der Waals surface area contributed by atoms with E-state index in [2.05, 4.69) is 4.98 Å². The van der Waals surface area contributed by atoms with Crippen molar-refractivity contribution in [1.29, 1.82) is 0 Å². The Kier molecular flexibility index (Phi) is 4.04. The van der Waals surface area contributed by atoms with Gasteiger partial charge in [0.15, 0.2) is 0 Å². The molecule has 0 radical (unpaired) electrons. The van der Waals surface area contributed by atoms with Crippen molar-refractivity contribution in [1.82, 2.24) is 4.98 Å². The molecule has 84 valence electrons.